The molecule has 1 aromatic carbocycles. The summed E-state index contributed by atoms with van der Waals surface area (Å²) in [6.45, 7) is 4.79. The van der Waals surface area contributed by atoms with Crippen molar-refractivity contribution in [2.75, 3.05) is 25.1 Å². The smallest absolute Gasteiger partial charge is 0.339 e. The molecule has 0 aliphatic carbocycles. The topological polar surface area (TPSA) is 49.8 Å². The average molecular weight is 263 g/mol. The molecule has 1 N–H and O–H groups in total. The van der Waals surface area contributed by atoms with E-state index in [4.69, 9.17) is 0 Å². The number of rotatable bonds is 3. The highest BCUT2D eigenvalue weighted by Gasteiger charge is 2.35. The van der Waals surface area contributed by atoms with Gasteiger partial charge in [0.05, 0.1) is 13.7 Å². The van der Waals surface area contributed by atoms with Crippen molar-refractivity contribution in [3.05, 3.63) is 29.8 Å². The Morgan fingerprint density at radius 2 is 2.21 bits per heavy atom. The molecule has 0 amide bonds. The minimum absolute atomic E-state index is 0.253. The van der Waals surface area contributed by atoms with Crippen LogP contribution in [0.4, 0.5) is 5.69 Å². The molecule has 0 saturated heterocycles. The van der Waals surface area contributed by atoms with Gasteiger partial charge in [-0.05, 0) is 30.9 Å². The van der Waals surface area contributed by atoms with Gasteiger partial charge >= 0.3 is 5.97 Å². The van der Waals surface area contributed by atoms with Crippen LogP contribution in [0.3, 0.4) is 0 Å². The summed E-state index contributed by atoms with van der Waals surface area (Å²) in [5, 5.41) is 10.2. The average Bonchev–Trinajstić information content (AvgIpc) is 2.41. The van der Waals surface area contributed by atoms with Gasteiger partial charge in [0.15, 0.2) is 5.60 Å². The van der Waals surface area contributed by atoms with Crippen LogP contribution < -0.4 is 4.90 Å². The second-order valence-electron chi connectivity index (χ2n) is 5.44. The van der Waals surface area contributed by atoms with Crippen molar-refractivity contribution in [3.63, 3.8) is 0 Å². The number of methoxy groups -OCH3 is 1. The number of para-hydroxylation sites is 1. The van der Waals surface area contributed by atoms with Crippen LogP contribution in [0.2, 0.25) is 0 Å². The van der Waals surface area contributed by atoms with E-state index in [0.29, 0.717) is 5.92 Å². The normalized spacial score (nSPS) is 21.5. The number of hydrogen-bond acceptors (Lipinski definition) is 4. The van der Waals surface area contributed by atoms with Crippen molar-refractivity contribution >= 4 is 11.7 Å². The Labute approximate surface area is 114 Å². The van der Waals surface area contributed by atoms with E-state index in [2.05, 4.69) is 22.6 Å². The van der Waals surface area contributed by atoms with Crippen LogP contribution in [-0.2, 0) is 9.53 Å². The maximum absolute atomic E-state index is 11.6. The molecule has 1 heterocycles. The van der Waals surface area contributed by atoms with Crippen LogP contribution in [-0.4, -0.2) is 36.9 Å². The van der Waals surface area contributed by atoms with Crippen LogP contribution in [0, 0.1) is 0 Å². The number of carbonyl (C=O) groups excluding carboxylic acids is 1. The third-order valence-electron chi connectivity index (χ3n) is 3.76. The number of hydrogen-bond donors (Lipinski definition) is 1. The highest BCUT2D eigenvalue weighted by atomic mass is 16.5. The van der Waals surface area contributed by atoms with Gasteiger partial charge in [-0.15, -0.1) is 0 Å². The van der Waals surface area contributed by atoms with Crippen molar-refractivity contribution in [2.24, 2.45) is 0 Å². The van der Waals surface area contributed by atoms with Gasteiger partial charge in [0, 0.05) is 12.2 Å². The predicted octanol–water partition coefficient (Wildman–Crippen LogP) is 1.92. The van der Waals surface area contributed by atoms with Gasteiger partial charge < -0.3 is 14.7 Å². The Bertz CT molecular complexity index is 470. The molecule has 0 saturated carbocycles. The minimum Gasteiger partial charge on any atom is -0.467 e. The summed E-state index contributed by atoms with van der Waals surface area (Å²) in [6, 6.07) is 8.16. The van der Waals surface area contributed by atoms with Gasteiger partial charge in [-0.25, -0.2) is 4.79 Å². The lowest BCUT2D eigenvalue weighted by Crippen LogP contribution is -2.49. The summed E-state index contributed by atoms with van der Waals surface area (Å²) in [5.74, 6) is -0.0841. The van der Waals surface area contributed by atoms with Crippen LogP contribution in [0.15, 0.2) is 24.3 Å². The monoisotopic (exact) mass is 263 g/mol. The van der Waals surface area contributed by atoms with Gasteiger partial charge in [-0.3, -0.25) is 0 Å². The van der Waals surface area contributed by atoms with Crippen molar-refractivity contribution < 1.29 is 14.6 Å². The SMILES string of the molecule is COC(=O)C(C)(O)CN1CCC(C)c2ccccc21. The summed E-state index contributed by atoms with van der Waals surface area (Å²) >= 11 is 0. The van der Waals surface area contributed by atoms with Gasteiger partial charge in [0.25, 0.3) is 0 Å². The van der Waals surface area contributed by atoms with Crippen molar-refractivity contribution in [2.45, 2.75) is 31.8 Å². The van der Waals surface area contributed by atoms with Gasteiger partial charge in [-0.2, -0.15) is 0 Å². The Morgan fingerprint density at radius 1 is 1.53 bits per heavy atom. The Morgan fingerprint density at radius 3 is 2.89 bits per heavy atom. The number of ether oxygens (including phenoxy) is 1. The van der Waals surface area contributed by atoms with Crippen LogP contribution in [0.1, 0.15) is 31.7 Å². The van der Waals surface area contributed by atoms with E-state index in [1.807, 2.05) is 18.2 Å². The van der Waals surface area contributed by atoms with Crippen LogP contribution >= 0.6 is 0 Å². The summed E-state index contributed by atoms with van der Waals surface area (Å²) in [4.78, 5) is 13.6. The molecule has 0 aromatic heterocycles. The molecule has 1 aromatic rings. The van der Waals surface area contributed by atoms with Gasteiger partial charge in [-0.1, -0.05) is 25.1 Å². The number of benzene rings is 1. The Balaban J connectivity index is 2.24. The van der Waals surface area contributed by atoms with Gasteiger partial charge in [0.1, 0.15) is 0 Å². The number of nitrogens with zero attached hydrogens (tertiary/aromatic N) is 1. The zero-order valence-corrected chi connectivity index (χ0v) is 11.7. The maximum atomic E-state index is 11.6. The number of fused-ring (bicyclic) bond motifs is 1. The van der Waals surface area contributed by atoms with Crippen molar-refractivity contribution in [1.82, 2.24) is 0 Å². The van der Waals surface area contributed by atoms with Crippen molar-refractivity contribution in [1.29, 1.82) is 0 Å². The lowest BCUT2D eigenvalue weighted by atomic mass is 9.90. The first-order valence-electron chi connectivity index (χ1n) is 6.60. The maximum Gasteiger partial charge on any atom is 0.339 e. The number of carbonyl (C=O) groups is 1. The third kappa shape index (κ3) is 2.73. The van der Waals surface area contributed by atoms with E-state index in [9.17, 15) is 9.90 Å². The first-order valence-corrected chi connectivity index (χ1v) is 6.60. The molecule has 0 spiro atoms. The third-order valence-corrected chi connectivity index (χ3v) is 3.76. The van der Waals surface area contributed by atoms with E-state index in [0.717, 1.165) is 18.7 Å². The van der Waals surface area contributed by atoms with E-state index >= 15 is 0 Å². The first kappa shape index (κ1) is 13.9. The van der Waals surface area contributed by atoms with Gasteiger partial charge in [0.2, 0.25) is 0 Å². The second kappa shape index (κ2) is 5.21. The van der Waals surface area contributed by atoms with E-state index < -0.39 is 11.6 Å². The molecule has 2 rings (SSSR count). The molecule has 104 valence electrons. The largest absolute Gasteiger partial charge is 0.467 e. The van der Waals surface area contributed by atoms with E-state index in [1.54, 1.807) is 0 Å². The number of β-amino-alcohol motifs (C(OH)–C–C–N with tert-alkyl or cyclic N) is 1. The number of anilines is 1. The van der Waals surface area contributed by atoms with Crippen LogP contribution in [0.5, 0.6) is 0 Å². The molecular formula is C15H21NO3. The lowest BCUT2D eigenvalue weighted by molar-refractivity contribution is -0.159. The summed E-state index contributed by atoms with van der Waals surface area (Å²) in [7, 11) is 1.29. The standard InChI is InChI=1S/C15H21NO3/c1-11-8-9-16(10-15(2,18)14(17)19-3)13-7-5-4-6-12(11)13/h4-7,11,18H,8-10H2,1-3H3. The fraction of sp³-hybridized carbons (Fsp3) is 0.533. The van der Waals surface area contributed by atoms with Crippen molar-refractivity contribution in [3.8, 4) is 0 Å². The first-order chi connectivity index (χ1) is 8.95. The minimum atomic E-state index is -1.48. The molecule has 1 aliphatic rings. The molecule has 4 heteroatoms. The Kier molecular flexibility index (Phi) is 3.80. The molecule has 1 aliphatic heterocycles. The molecule has 0 bridgehead atoms. The Hall–Kier alpha value is -1.55. The highest BCUT2D eigenvalue weighted by molar-refractivity contribution is 5.79. The zero-order chi connectivity index (χ0) is 14.0. The predicted molar refractivity (Wildman–Crippen MR) is 74.3 cm³/mol. The molecular weight excluding hydrogens is 242 g/mol. The number of aliphatic hydroxyl groups is 1. The lowest BCUT2D eigenvalue weighted by Gasteiger charge is -2.37. The number of esters is 1. The molecule has 0 fully saturated rings. The van der Waals surface area contributed by atoms with E-state index in [1.165, 1.54) is 19.6 Å². The summed E-state index contributed by atoms with van der Waals surface area (Å²) in [5.41, 5.74) is 0.891. The zero-order valence-electron chi connectivity index (χ0n) is 11.7. The molecule has 2 atom stereocenters. The molecule has 0 radical (unpaired) electrons. The fourth-order valence-corrected chi connectivity index (χ4v) is 2.64. The second-order valence-corrected chi connectivity index (χ2v) is 5.44. The molecule has 4 nitrogen and oxygen atoms in total. The van der Waals surface area contributed by atoms with E-state index in [-0.39, 0.29) is 6.54 Å². The fourth-order valence-electron chi connectivity index (χ4n) is 2.64. The van der Waals surface area contributed by atoms with Crippen LogP contribution in [0.25, 0.3) is 0 Å². The molecule has 2 unspecified atom stereocenters. The summed E-state index contributed by atoms with van der Waals surface area (Å²) in [6.07, 6.45) is 1.02. The summed E-state index contributed by atoms with van der Waals surface area (Å²) < 4.78 is 4.65. The highest BCUT2D eigenvalue weighted by Crippen LogP contribution is 2.35. The molecule has 19 heavy (non-hydrogen) atoms. The quantitative estimate of drug-likeness (QED) is 0.847.